The predicted molar refractivity (Wildman–Crippen MR) is 154 cm³/mol. The van der Waals surface area contributed by atoms with Crippen molar-refractivity contribution in [2.45, 2.75) is 32.5 Å². The van der Waals surface area contributed by atoms with Crippen LogP contribution in [0.25, 0.3) is 11.2 Å². The van der Waals surface area contributed by atoms with Gasteiger partial charge in [-0.25, -0.2) is 9.78 Å². The first-order valence-electron chi connectivity index (χ1n) is 13.6. The van der Waals surface area contributed by atoms with Gasteiger partial charge in [-0.1, -0.05) is 24.0 Å². The summed E-state index contributed by atoms with van der Waals surface area (Å²) < 4.78 is 48.6. The third kappa shape index (κ3) is 7.06. The van der Waals surface area contributed by atoms with Crippen molar-refractivity contribution in [2.24, 2.45) is 0 Å². The maximum absolute atomic E-state index is 14.4. The third-order valence-electron chi connectivity index (χ3n) is 6.65. The van der Waals surface area contributed by atoms with Crippen molar-refractivity contribution < 1.29 is 32.5 Å². The second-order valence-electron chi connectivity index (χ2n) is 11.0. The van der Waals surface area contributed by atoms with Gasteiger partial charge in [-0.3, -0.25) is 9.78 Å². The number of rotatable bonds is 3. The number of amides is 2. The highest BCUT2D eigenvalue weighted by Gasteiger charge is 2.39. The van der Waals surface area contributed by atoms with Gasteiger partial charge in [-0.15, -0.1) is 4.98 Å². The Kier molecular flexibility index (Phi) is 8.00. The number of halogens is 3. The normalized spacial score (nSPS) is 13.8. The first kappa shape index (κ1) is 29.4. The molecule has 12 heteroatoms. The molecule has 3 heterocycles. The number of aromatic amines is 2. The molecule has 1 fully saturated rings. The summed E-state index contributed by atoms with van der Waals surface area (Å²) in [4.78, 5) is 38.8. The van der Waals surface area contributed by atoms with Crippen molar-refractivity contribution in [3.8, 4) is 11.8 Å². The van der Waals surface area contributed by atoms with Crippen LogP contribution in [0.4, 0.5) is 29.3 Å². The van der Waals surface area contributed by atoms with Gasteiger partial charge in [0.05, 0.1) is 16.9 Å². The number of hydrogen-bond donors (Lipinski definition) is 2. The Hall–Kier alpha value is -5.05. The number of benzene rings is 2. The van der Waals surface area contributed by atoms with E-state index in [1.165, 1.54) is 35.2 Å². The Labute approximate surface area is 246 Å². The minimum atomic E-state index is -4.75. The lowest BCUT2D eigenvalue weighted by Gasteiger charge is -2.38. The van der Waals surface area contributed by atoms with Crippen LogP contribution in [-0.4, -0.2) is 58.6 Å². The molecule has 222 valence electrons. The van der Waals surface area contributed by atoms with Crippen molar-refractivity contribution in [1.29, 1.82) is 0 Å². The largest absolute Gasteiger partial charge is 0.444 e. The Morgan fingerprint density at radius 3 is 2.44 bits per heavy atom. The average molecular weight is 592 g/mol. The summed E-state index contributed by atoms with van der Waals surface area (Å²) in [5, 5.41) is 2.45. The minimum absolute atomic E-state index is 0.0704. The fourth-order valence-corrected chi connectivity index (χ4v) is 4.68. The molecule has 4 aromatic rings. The fraction of sp³-hybridized carbons (Fsp3) is 0.290. The second-order valence-corrected chi connectivity index (χ2v) is 11.0. The highest BCUT2D eigenvalue weighted by atomic mass is 19.4. The molecule has 1 saturated heterocycles. The molecule has 0 radical (unpaired) electrons. The number of H-pyrrole nitrogens is 2. The summed E-state index contributed by atoms with van der Waals surface area (Å²) >= 11 is 0. The third-order valence-corrected chi connectivity index (χ3v) is 6.65. The Balaban J connectivity index is 1.33. The monoisotopic (exact) mass is 591 g/mol. The van der Waals surface area contributed by atoms with E-state index >= 15 is 0 Å². The van der Waals surface area contributed by atoms with Crippen LogP contribution < -0.4 is 15.2 Å². The molecule has 0 unspecified atom stereocenters. The van der Waals surface area contributed by atoms with Crippen molar-refractivity contribution >= 4 is 34.5 Å². The Morgan fingerprint density at radius 2 is 1.72 bits per heavy atom. The maximum Gasteiger partial charge on any atom is 0.420 e. The average Bonchev–Trinajstić information content (AvgIpc) is 3.43. The number of aromatic nitrogens is 3. The standard InChI is InChI=1S/C31H29F3N6O3/c1-30(2,3)43-29(42)40-14-12-39(13-15-40)25-9-5-8-23(26(25)31(32,33)34)38-28(41)22-7-4-6-20(16-22)10-11-21-17-24-27(35-18-21)37-19-36-24/h4-9,16-19H,12-15H2,1-3H3,(H,38,41)(H,35,36,37)/p+1. The van der Waals surface area contributed by atoms with E-state index in [1.54, 1.807) is 50.3 Å². The number of pyridine rings is 1. The molecule has 9 nitrogen and oxygen atoms in total. The quantitative estimate of drug-likeness (QED) is 0.323. The number of carbonyl (C=O) groups is 2. The van der Waals surface area contributed by atoms with E-state index in [2.05, 4.69) is 32.1 Å². The second kappa shape index (κ2) is 11.7. The van der Waals surface area contributed by atoms with Crippen LogP contribution in [0.1, 0.15) is 47.8 Å². The number of piperazine rings is 1. The SMILES string of the molecule is CC(C)(C)OC(=O)N1CCN(c2cccc(NC(=O)c3cccc(C#Cc4cnc5[nH+]c[nH]c5c4)c3)c2C(F)(F)F)CC1. The summed E-state index contributed by atoms with van der Waals surface area (Å²) in [6.45, 7) is 6.00. The number of nitrogens with one attached hydrogen (secondary N) is 3. The van der Waals surface area contributed by atoms with Crippen LogP contribution in [0, 0.1) is 11.8 Å². The number of fused-ring (bicyclic) bond motifs is 1. The molecular formula is C31H30F3N6O3+. The van der Waals surface area contributed by atoms with E-state index in [1.807, 2.05) is 6.07 Å². The Bertz CT molecular complexity index is 1720. The molecule has 0 spiro atoms. The Morgan fingerprint density at radius 1 is 1.00 bits per heavy atom. The number of nitrogens with zero attached hydrogens (tertiary/aromatic N) is 3. The molecule has 2 aromatic carbocycles. The lowest BCUT2D eigenvalue weighted by molar-refractivity contribution is -0.347. The van der Waals surface area contributed by atoms with E-state index in [0.717, 1.165) is 5.52 Å². The summed E-state index contributed by atoms with van der Waals surface area (Å²) in [6.07, 6.45) is -1.99. The number of hydrogen-bond acceptors (Lipinski definition) is 5. The lowest BCUT2D eigenvalue weighted by atomic mass is 10.1. The molecule has 1 aliphatic heterocycles. The summed E-state index contributed by atoms with van der Waals surface area (Å²) in [7, 11) is 0. The van der Waals surface area contributed by atoms with Crippen molar-refractivity contribution in [1.82, 2.24) is 14.9 Å². The molecule has 0 atom stereocenters. The number of imidazole rings is 1. The topological polar surface area (TPSA) is 105 Å². The van der Waals surface area contributed by atoms with Gasteiger partial charge >= 0.3 is 12.3 Å². The van der Waals surface area contributed by atoms with E-state index in [9.17, 15) is 22.8 Å². The van der Waals surface area contributed by atoms with Gasteiger partial charge in [-0.05, 0) is 51.1 Å². The molecule has 0 saturated carbocycles. The van der Waals surface area contributed by atoms with Crippen molar-refractivity contribution in [3.05, 3.63) is 83.3 Å². The molecule has 0 bridgehead atoms. The van der Waals surface area contributed by atoms with E-state index in [-0.39, 0.29) is 43.1 Å². The molecule has 1 aliphatic rings. The molecule has 3 N–H and O–H groups in total. The number of ether oxygens (including phenoxy) is 1. The van der Waals surface area contributed by atoms with Gasteiger partial charge in [-0.2, -0.15) is 13.2 Å². The number of anilines is 2. The van der Waals surface area contributed by atoms with E-state index in [0.29, 0.717) is 16.8 Å². The number of carbonyl (C=O) groups excluding carboxylic acids is 2. The van der Waals surface area contributed by atoms with Crippen LogP contribution in [-0.2, 0) is 10.9 Å². The highest BCUT2D eigenvalue weighted by molar-refractivity contribution is 6.05. The molecule has 43 heavy (non-hydrogen) atoms. The van der Waals surface area contributed by atoms with Crippen LogP contribution in [0.2, 0.25) is 0 Å². The van der Waals surface area contributed by atoms with Gasteiger partial charge in [0.2, 0.25) is 0 Å². The van der Waals surface area contributed by atoms with Gasteiger partial charge in [0.15, 0.2) is 11.8 Å². The molecular weight excluding hydrogens is 561 g/mol. The summed E-state index contributed by atoms with van der Waals surface area (Å²) in [5.74, 6) is 5.26. The number of alkyl halides is 3. The molecule has 0 aliphatic carbocycles. The van der Waals surface area contributed by atoms with Crippen LogP contribution in [0.5, 0.6) is 0 Å². The van der Waals surface area contributed by atoms with E-state index < -0.39 is 29.3 Å². The van der Waals surface area contributed by atoms with Crippen LogP contribution in [0.15, 0.2) is 61.1 Å². The lowest BCUT2D eigenvalue weighted by Crippen LogP contribution is -2.50. The van der Waals surface area contributed by atoms with Crippen molar-refractivity contribution in [3.63, 3.8) is 0 Å². The molecule has 5 rings (SSSR count). The van der Waals surface area contributed by atoms with Crippen molar-refractivity contribution in [2.75, 3.05) is 36.4 Å². The van der Waals surface area contributed by atoms with E-state index in [4.69, 9.17) is 4.74 Å². The minimum Gasteiger partial charge on any atom is -0.444 e. The van der Waals surface area contributed by atoms with Crippen LogP contribution >= 0.6 is 0 Å². The van der Waals surface area contributed by atoms with Gasteiger partial charge in [0.1, 0.15) is 17.4 Å². The molecule has 2 aromatic heterocycles. The summed E-state index contributed by atoms with van der Waals surface area (Å²) in [5.41, 5.74) is 0.738. The van der Waals surface area contributed by atoms with Gasteiger partial charge in [0, 0.05) is 43.4 Å². The zero-order valence-electron chi connectivity index (χ0n) is 23.8. The molecule has 2 amide bonds. The highest BCUT2D eigenvalue weighted by Crippen LogP contribution is 2.42. The zero-order valence-corrected chi connectivity index (χ0v) is 23.8. The predicted octanol–water partition coefficient (Wildman–Crippen LogP) is 5.11. The fourth-order valence-electron chi connectivity index (χ4n) is 4.68. The smallest absolute Gasteiger partial charge is 0.420 e. The van der Waals surface area contributed by atoms with Gasteiger partial charge in [0.25, 0.3) is 11.6 Å². The summed E-state index contributed by atoms with van der Waals surface area (Å²) in [6, 6.07) is 12.2. The van der Waals surface area contributed by atoms with Gasteiger partial charge < -0.3 is 19.9 Å². The zero-order chi connectivity index (χ0) is 30.8. The first-order chi connectivity index (χ1) is 20.4. The van der Waals surface area contributed by atoms with Crippen LogP contribution in [0.3, 0.4) is 0 Å². The maximum atomic E-state index is 14.4. The first-order valence-corrected chi connectivity index (χ1v) is 13.6.